The monoisotopic (exact) mass is 268 g/mol. The molecule has 1 aromatic rings. The molecule has 7 nitrogen and oxygen atoms in total. The summed E-state index contributed by atoms with van der Waals surface area (Å²) in [5, 5.41) is 18.0. The smallest absolute Gasteiger partial charge is 0.326 e. The number of nitrogens with one attached hydrogen (secondary N) is 2. The Morgan fingerprint density at radius 2 is 1.95 bits per heavy atom. The first-order valence-corrected chi connectivity index (χ1v) is 6.16. The number of aromatic nitrogens is 2. The van der Waals surface area contributed by atoms with E-state index in [-0.39, 0.29) is 12.0 Å². The highest BCUT2D eigenvalue weighted by molar-refractivity contribution is 5.91. The fraction of sp³-hybridized carbons (Fsp3) is 0.583. The predicted octanol–water partition coefficient (Wildman–Crippen LogP) is 1.69. The van der Waals surface area contributed by atoms with E-state index in [9.17, 15) is 9.59 Å². The first-order valence-electron chi connectivity index (χ1n) is 6.16. The summed E-state index contributed by atoms with van der Waals surface area (Å²) in [4.78, 5) is 22.6. The maximum atomic E-state index is 11.7. The molecule has 0 fully saturated rings. The fourth-order valence-corrected chi connectivity index (χ4v) is 1.50. The quantitative estimate of drug-likeness (QED) is 0.757. The van der Waals surface area contributed by atoms with Crippen LogP contribution in [0.3, 0.4) is 0 Å². The molecule has 1 heterocycles. The molecule has 19 heavy (non-hydrogen) atoms. The zero-order chi connectivity index (χ0) is 14.6. The lowest BCUT2D eigenvalue weighted by molar-refractivity contribution is -0.140. The van der Waals surface area contributed by atoms with Crippen LogP contribution in [0.25, 0.3) is 0 Å². The molecule has 0 saturated heterocycles. The summed E-state index contributed by atoms with van der Waals surface area (Å²) in [7, 11) is 0. The van der Waals surface area contributed by atoms with E-state index in [1.165, 1.54) is 0 Å². The summed E-state index contributed by atoms with van der Waals surface area (Å²) in [5.74, 6) is -0.867. The van der Waals surface area contributed by atoms with Gasteiger partial charge in [0, 0.05) is 18.3 Å². The Morgan fingerprint density at radius 3 is 2.37 bits per heavy atom. The highest BCUT2D eigenvalue weighted by Gasteiger charge is 2.23. The molecular weight excluding hydrogens is 248 g/mol. The number of amides is 2. The van der Waals surface area contributed by atoms with Crippen molar-refractivity contribution < 1.29 is 14.7 Å². The van der Waals surface area contributed by atoms with E-state index in [0.717, 1.165) is 0 Å². The average Bonchev–Trinajstić information content (AvgIpc) is 2.73. The minimum atomic E-state index is -1.06. The average molecular weight is 268 g/mol. The number of anilines is 1. The lowest BCUT2D eigenvalue weighted by Gasteiger charge is -2.17. The Bertz CT molecular complexity index is 454. The number of nitrogens with zero attached hydrogens (tertiary/aromatic N) is 2. The Kier molecular flexibility index (Phi) is 4.91. The second-order valence-electron chi connectivity index (χ2n) is 4.93. The van der Waals surface area contributed by atoms with Gasteiger partial charge in [0.2, 0.25) is 0 Å². The van der Waals surface area contributed by atoms with Gasteiger partial charge in [0.25, 0.3) is 0 Å². The van der Waals surface area contributed by atoms with E-state index in [4.69, 9.17) is 5.11 Å². The molecule has 0 aliphatic carbocycles. The molecule has 1 aromatic heterocycles. The van der Waals surface area contributed by atoms with Gasteiger partial charge in [0.1, 0.15) is 6.04 Å². The number of aliphatic carboxylic acids is 1. The van der Waals surface area contributed by atoms with E-state index in [0.29, 0.717) is 5.82 Å². The minimum absolute atomic E-state index is 0.195. The van der Waals surface area contributed by atoms with Crippen LogP contribution >= 0.6 is 0 Å². The van der Waals surface area contributed by atoms with Crippen molar-refractivity contribution in [3.8, 4) is 0 Å². The normalized spacial score (nSPS) is 12.5. The number of hydrogen-bond donors (Lipinski definition) is 3. The molecule has 2 amide bonds. The van der Waals surface area contributed by atoms with E-state index in [2.05, 4.69) is 15.7 Å². The van der Waals surface area contributed by atoms with Crippen molar-refractivity contribution in [2.45, 2.75) is 39.8 Å². The Hall–Kier alpha value is -2.05. The van der Waals surface area contributed by atoms with Crippen LogP contribution in [0, 0.1) is 5.92 Å². The number of urea groups is 1. The van der Waals surface area contributed by atoms with Crippen LogP contribution in [0.1, 0.15) is 33.7 Å². The molecule has 0 saturated carbocycles. The van der Waals surface area contributed by atoms with Gasteiger partial charge in [-0.1, -0.05) is 13.8 Å². The number of hydrogen-bond acceptors (Lipinski definition) is 3. The molecule has 0 bridgehead atoms. The fourth-order valence-electron chi connectivity index (χ4n) is 1.50. The van der Waals surface area contributed by atoms with Gasteiger partial charge in [0.05, 0.1) is 0 Å². The molecule has 1 atom stereocenters. The summed E-state index contributed by atoms with van der Waals surface area (Å²) in [5.41, 5.74) is 0. The van der Waals surface area contributed by atoms with Crippen molar-refractivity contribution in [2.75, 3.05) is 5.32 Å². The summed E-state index contributed by atoms with van der Waals surface area (Å²) in [6.45, 7) is 7.39. The SMILES string of the molecule is CC(C)[C@H](NC(=O)Nc1ccn(C(C)C)n1)C(=O)O. The molecule has 0 aromatic carbocycles. The van der Waals surface area contributed by atoms with Gasteiger partial charge < -0.3 is 10.4 Å². The largest absolute Gasteiger partial charge is 0.480 e. The van der Waals surface area contributed by atoms with Gasteiger partial charge in [-0.25, -0.2) is 9.59 Å². The van der Waals surface area contributed by atoms with Gasteiger partial charge in [-0.15, -0.1) is 0 Å². The molecule has 0 unspecified atom stereocenters. The standard InChI is InChI=1S/C12H20N4O3/c1-7(2)10(11(17)18)14-12(19)13-9-5-6-16(15-9)8(3)4/h5-8,10H,1-4H3,(H,17,18)(H2,13,14,15,19)/t10-/m0/s1. The van der Waals surface area contributed by atoms with Gasteiger partial charge >= 0.3 is 12.0 Å². The van der Waals surface area contributed by atoms with Crippen LogP contribution in [0.2, 0.25) is 0 Å². The second-order valence-corrected chi connectivity index (χ2v) is 4.93. The lowest BCUT2D eigenvalue weighted by Crippen LogP contribution is -2.46. The van der Waals surface area contributed by atoms with Gasteiger partial charge in [0.15, 0.2) is 5.82 Å². The third-order valence-electron chi connectivity index (χ3n) is 2.60. The Balaban J connectivity index is 2.61. The summed E-state index contributed by atoms with van der Waals surface area (Å²) < 4.78 is 1.70. The van der Waals surface area contributed by atoms with Crippen LogP contribution in [0.15, 0.2) is 12.3 Å². The number of carboxylic acid groups (broad SMARTS) is 1. The maximum absolute atomic E-state index is 11.7. The first-order chi connectivity index (χ1) is 8.81. The molecule has 106 valence electrons. The first kappa shape index (κ1) is 15.0. The molecule has 0 spiro atoms. The molecule has 0 radical (unpaired) electrons. The molecule has 1 rings (SSSR count). The highest BCUT2D eigenvalue weighted by atomic mass is 16.4. The maximum Gasteiger partial charge on any atom is 0.326 e. The zero-order valence-corrected chi connectivity index (χ0v) is 11.5. The van der Waals surface area contributed by atoms with Crippen molar-refractivity contribution >= 4 is 17.8 Å². The molecular formula is C12H20N4O3. The summed E-state index contributed by atoms with van der Waals surface area (Å²) in [6, 6.07) is 0.355. The zero-order valence-electron chi connectivity index (χ0n) is 11.5. The molecule has 3 N–H and O–H groups in total. The van der Waals surface area contributed by atoms with E-state index in [1.807, 2.05) is 13.8 Å². The Labute approximate surface area is 112 Å². The van der Waals surface area contributed by atoms with E-state index < -0.39 is 18.0 Å². The molecule has 0 aliphatic rings. The van der Waals surface area contributed by atoms with Gasteiger partial charge in [-0.05, 0) is 19.8 Å². The minimum Gasteiger partial charge on any atom is -0.480 e. The number of carboxylic acids is 1. The third kappa shape index (κ3) is 4.27. The van der Waals surface area contributed by atoms with Crippen molar-refractivity contribution in [1.29, 1.82) is 0 Å². The lowest BCUT2D eigenvalue weighted by atomic mass is 10.1. The predicted molar refractivity (Wildman–Crippen MR) is 71.0 cm³/mol. The van der Waals surface area contributed by atoms with Crippen LogP contribution < -0.4 is 10.6 Å². The Morgan fingerprint density at radius 1 is 1.32 bits per heavy atom. The van der Waals surface area contributed by atoms with Crippen LogP contribution in [0.4, 0.5) is 10.6 Å². The molecule has 7 heteroatoms. The number of rotatable bonds is 5. The number of carbonyl (C=O) groups is 2. The second kappa shape index (κ2) is 6.21. The summed E-state index contributed by atoms with van der Waals surface area (Å²) >= 11 is 0. The van der Waals surface area contributed by atoms with Crippen molar-refractivity contribution in [3.05, 3.63) is 12.3 Å². The van der Waals surface area contributed by atoms with Crippen LogP contribution in [-0.4, -0.2) is 32.9 Å². The van der Waals surface area contributed by atoms with Gasteiger partial charge in [-0.2, -0.15) is 5.10 Å². The van der Waals surface area contributed by atoms with E-state index >= 15 is 0 Å². The molecule has 0 aliphatic heterocycles. The van der Waals surface area contributed by atoms with Crippen molar-refractivity contribution in [2.24, 2.45) is 5.92 Å². The topological polar surface area (TPSA) is 96.3 Å². The number of carbonyl (C=O) groups excluding carboxylic acids is 1. The summed E-state index contributed by atoms with van der Waals surface area (Å²) in [6.07, 6.45) is 1.75. The third-order valence-corrected chi connectivity index (χ3v) is 2.60. The highest BCUT2D eigenvalue weighted by Crippen LogP contribution is 2.08. The van der Waals surface area contributed by atoms with Gasteiger partial charge in [-0.3, -0.25) is 10.00 Å². The van der Waals surface area contributed by atoms with Crippen molar-refractivity contribution in [3.63, 3.8) is 0 Å². The van der Waals surface area contributed by atoms with Crippen molar-refractivity contribution in [1.82, 2.24) is 15.1 Å². The van der Waals surface area contributed by atoms with E-state index in [1.54, 1.807) is 30.8 Å². The van der Waals surface area contributed by atoms with Crippen LogP contribution in [0.5, 0.6) is 0 Å². The van der Waals surface area contributed by atoms with Crippen LogP contribution in [-0.2, 0) is 4.79 Å².